The number of allylic oxidation sites excluding steroid dienone is 1. The summed E-state index contributed by atoms with van der Waals surface area (Å²) < 4.78 is 10.9. The lowest BCUT2D eigenvalue weighted by Gasteiger charge is -2.29. The Hall–Kier alpha value is -2.71. The van der Waals surface area contributed by atoms with Crippen molar-refractivity contribution in [2.45, 2.75) is 24.9 Å². The minimum Gasteiger partial charge on any atom is -0.495 e. The molecule has 0 bridgehead atoms. The quantitative estimate of drug-likeness (QED) is 0.438. The molecule has 0 saturated carbocycles. The number of anilines is 2. The van der Waals surface area contributed by atoms with Crippen LogP contribution in [-0.4, -0.2) is 40.3 Å². The Balaban J connectivity index is 1.68. The van der Waals surface area contributed by atoms with E-state index in [4.69, 9.17) is 32.7 Å². The number of carbonyl (C=O) groups excluding carboxylic acids is 1. The summed E-state index contributed by atoms with van der Waals surface area (Å²) in [6, 6.07) is 7.85. The second-order valence-electron chi connectivity index (χ2n) is 8.83. The molecular weight excluding hydrogens is 487 g/mol. The molecule has 1 saturated heterocycles. The standard InChI is InChI=1S/C26H30Cl2N4O3/c1-6-22(33)29-18-12-15(32(2)3)8-10-16(18)26-17-9-7-14(11-19(17)30-31-26)23-24(27)20(34-4)13-21(35-5)25(23)28/h6,8,10-13,17,19,26,30-31H,1,7,9H2,2-5H3,(H,29,33). The largest absolute Gasteiger partial charge is 0.495 e. The minimum atomic E-state index is -0.244. The van der Waals surface area contributed by atoms with Crippen LogP contribution in [0.15, 0.2) is 43.0 Å². The first kappa shape index (κ1) is 25.4. The Labute approximate surface area is 216 Å². The first-order chi connectivity index (χ1) is 16.8. The lowest BCUT2D eigenvalue weighted by Crippen LogP contribution is -2.31. The van der Waals surface area contributed by atoms with Crippen molar-refractivity contribution in [3.05, 3.63) is 64.2 Å². The van der Waals surface area contributed by atoms with Gasteiger partial charge in [-0.1, -0.05) is 41.9 Å². The molecular formula is C26H30Cl2N4O3. The summed E-state index contributed by atoms with van der Waals surface area (Å²) >= 11 is 13.3. The molecule has 3 unspecified atom stereocenters. The van der Waals surface area contributed by atoms with E-state index in [-0.39, 0.29) is 23.9 Å². The molecule has 3 N–H and O–H groups in total. The molecule has 0 radical (unpaired) electrons. The number of nitrogens with one attached hydrogen (secondary N) is 3. The number of benzene rings is 2. The molecule has 1 amide bonds. The number of nitrogens with zero attached hydrogens (tertiary/aromatic N) is 1. The van der Waals surface area contributed by atoms with Gasteiger partial charge in [-0.15, -0.1) is 0 Å². The lowest BCUT2D eigenvalue weighted by molar-refractivity contribution is -0.111. The van der Waals surface area contributed by atoms with Crippen molar-refractivity contribution in [2.75, 3.05) is 38.5 Å². The highest BCUT2D eigenvalue weighted by Gasteiger charge is 2.39. The highest BCUT2D eigenvalue weighted by molar-refractivity contribution is 6.39. The van der Waals surface area contributed by atoms with E-state index in [2.05, 4.69) is 41.0 Å². The number of hydrogen-bond donors (Lipinski definition) is 3. The maximum atomic E-state index is 12.1. The van der Waals surface area contributed by atoms with Crippen molar-refractivity contribution in [3.63, 3.8) is 0 Å². The van der Waals surface area contributed by atoms with E-state index in [9.17, 15) is 4.79 Å². The predicted molar refractivity (Wildman–Crippen MR) is 143 cm³/mol. The first-order valence-electron chi connectivity index (χ1n) is 11.4. The molecule has 0 spiro atoms. The zero-order valence-electron chi connectivity index (χ0n) is 20.2. The topological polar surface area (TPSA) is 74.9 Å². The number of hydrazine groups is 1. The van der Waals surface area contributed by atoms with Gasteiger partial charge in [0.15, 0.2) is 0 Å². The molecule has 3 atom stereocenters. The van der Waals surface area contributed by atoms with E-state index in [1.165, 1.54) is 6.08 Å². The molecule has 9 heteroatoms. The van der Waals surface area contributed by atoms with Crippen LogP contribution < -0.4 is 30.5 Å². The number of hydrogen-bond acceptors (Lipinski definition) is 6. The summed E-state index contributed by atoms with van der Waals surface area (Å²) in [5, 5.41) is 3.92. The molecule has 2 aromatic rings. The van der Waals surface area contributed by atoms with Gasteiger partial charge in [0, 0.05) is 49.1 Å². The van der Waals surface area contributed by atoms with Gasteiger partial charge in [-0.05, 0) is 42.2 Å². The fraction of sp³-hybridized carbons (Fsp3) is 0.346. The smallest absolute Gasteiger partial charge is 0.247 e. The van der Waals surface area contributed by atoms with Crippen LogP contribution in [0.2, 0.25) is 10.0 Å². The van der Waals surface area contributed by atoms with Crippen molar-refractivity contribution in [2.24, 2.45) is 5.92 Å². The highest BCUT2D eigenvalue weighted by Crippen LogP contribution is 2.48. The van der Waals surface area contributed by atoms with Crippen molar-refractivity contribution >= 4 is 46.1 Å². The molecule has 4 rings (SSSR count). The summed E-state index contributed by atoms with van der Waals surface area (Å²) in [6.07, 6.45) is 5.11. The molecule has 0 aromatic heterocycles. The maximum absolute atomic E-state index is 12.1. The monoisotopic (exact) mass is 516 g/mol. The van der Waals surface area contributed by atoms with Gasteiger partial charge in [0.2, 0.25) is 5.91 Å². The zero-order valence-corrected chi connectivity index (χ0v) is 21.8. The molecule has 7 nitrogen and oxygen atoms in total. The van der Waals surface area contributed by atoms with Crippen molar-refractivity contribution in [1.82, 2.24) is 10.9 Å². The second kappa shape index (κ2) is 10.5. The van der Waals surface area contributed by atoms with Gasteiger partial charge < -0.3 is 19.7 Å². The van der Waals surface area contributed by atoms with E-state index in [1.54, 1.807) is 20.3 Å². The van der Waals surface area contributed by atoms with Gasteiger partial charge in [-0.3, -0.25) is 4.79 Å². The average Bonchev–Trinajstić information content (AvgIpc) is 3.27. The SMILES string of the molecule is C=CC(=O)Nc1cc(N(C)C)ccc1C1NNC2C=C(c3c(Cl)c(OC)cc(OC)c3Cl)CCC21. The number of fused-ring (bicyclic) bond motifs is 1. The third-order valence-electron chi connectivity index (χ3n) is 6.65. The summed E-state index contributed by atoms with van der Waals surface area (Å²) in [5.74, 6) is 1.05. The Morgan fingerprint density at radius 3 is 2.43 bits per heavy atom. The van der Waals surface area contributed by atoms with Crippen LogP contribution in [0, 0.1) is 5.92 Å². The van der Waals surface area contributed by atoms with Crippen molar-refractivity contribution < 1.29 is 14.3 Å². The number of amides is 1. The minimum absolute atomic E-state index is 0.0000768. The molecule has 1 aliphatic carbocycles. The van der Waals surface area contributed by atoms with Crippen LogP contribution in [0.25, 0.3) is 5.57 Å². The molecule has 2 aliphatic rings. The summed E-state index contributed by atoms with van der Waals surface area (Å²) in [6.45, 7) is 3.59. The number of carbonyl (C=O) groups is 1. The van der Waals surface area contributed by atoms with E-state index in [0.29, 0.717) is 21.5 Å². The average molecular weight is 517 g/mol. The predicted octanol–water partition coefficient (Wildman–Crippen LogP) is 5.21. The number of halogens is 2. The van der Waals surface area contributed by atoms with E-state index in [0.717, 1.165) is 40.9 Å². The first-order valence-corrected chi connectivity index (χ1v) is 12.1. The van der Waals surface area contributed by atoms with Crippen LogP contribution in [0.3, 0.4) is 0 Å². The Kier molecular flexibility index (Phi) is 7.62. The number of rotatable bonds is 7. The fourth-order valence-corrected chi connectivity index (χ4v) is 5.55. The molecule has 35 heavy (non-hydrogen) atoms. The number of ether oxygens (including phenoxy) is 2. The Morgan fingerprint density at radius 1 is 1.14 bits per heavy atom. The summed E-state index contributed by atoms with van der Waals surface area (Å²) in [4.78, 5) is 14.1. The van der Waals surface area contributed by atoms with Crippen molar-refractivity contribution in [3.8, 4) is 11.5 Å². The third kappa shape index (κ3) is 4.86. The van der Waals surface area contributed by atoms with Crippen molar-refractivity contribution in [1.29, 1.82) is 0 Å². The third-order valence-corrected chi connectivity index (χ3v) is 7.40. The second-order valence-corrected chi connectivity index (χ2v) is 9.59. The lowest BCUT2D eigenvalue weighted by atomic mass is 9.78. The van der Waals surface area contributed by atoms with Gasteiger partial charge in [-0.25, -0.2) is 10.9 Å². The van der Waals surface area contributed by atoms with Gasteiger partial charge in [-0.2, -0.15) is 0 Å². The van der Waals surface area contributed by atoms with Gasteiger partial charge in [0.25, 0.3) is 0 Å². The van der Waals surface area contributed by atoms with Gasteiger partial charge in [0.1, 0.15) is 11.5 Å². The van der Waals surface area contributed by atoms with E-state index < -0.39 is 0 Å². The summed E-state index contributed by atoms with van der Waals surface area (Å²) in [7, 11) is 7.08. The zero-order chi connectivity index (χ0) is 25.3. The number of methoxy groups -OCH3 is 2. The molecule has 1 heterocycles. The molecule has 2 aromatic carbocycles. The van der Waals surface area contributed by atoms with Gasteiger partial charge in [0.05, 0.1) is 30.3 Å². The van der Waals surface area contributed by atoms with Crippen LogP contribution >= 0.6 is 23.2 Å². The van der Waals surface area contributed by atoms with Crippen LogP contribution in [0.1, 0.15) is 30.0 Å². The van der Waals surface area contributed by atoms with E-state index >= 15 is 0 Å². The molecule has 1 fully saturated rings. The fourth-order valence-electron chi connectivity index (χ4n) is 4.81. The van der Waals surface area contributed by atoms with Gasteiger partial charge >= 0.3 is 0 Å². The van der Waals surface area contributed by atoms with Crippen LogP contribution in [0.4, 0.5) is 11.4 Å². The highest BCUT2D eigenvalue weighted by atomic mass is 35.5. The Bertz CT molecular complexity index is 1150. The van der Waals surface area contributed by atoms with Crippen LogP contribution in [-0.2, 0) is 4.79 Å². The summed E-state index contributed by atoms with van der Waals surface area (Å²) in [5.41, 5.74) is 11.4. The normalized spacial score (nSPS) is 21.1. The van der Waals surface area contributed by atoms with Crippen LogP contribution in [0.5, 0.6) is 11.5 Å². The maximum Gasteiger partial charge on any atom is 0.247 e. The molecule has 186 valence electrons. The molecule has 1 aliphatic heterocycles. The Morgan fingerprint density at radius 2 is 1.83 bits per heavy atom. The van der Waals surface area contributed by atoms with E-state index in [1.807, 2.05) is 25.1 Å².